The molecule has 4 heteroatoms. The number of methoxy groups -OCH3 is 1. The number of rotatable bonds is 8. The summed E-state index contributed by atoms with van der Waals surface area (Å²) in [5, 5.41) is 0. The Labute approximate surface area is 120 Å². The van der Waals surface area contributed by atoms with Crippen molar-refractivity contribution < 1.29 is 9.53 Å². The van der Waals surface area contributed by atoms with E-state index in [4.69, 9.17) is 0 Å². The average Bonchev–Trinajstić information content (AvgIpc) is 2.41. The number of carbonyl (C=O) groups excluding carboxylic acids is 1. The van der Waals surface area contributed by atoms with E-state index in [0.29, 0.717) is 6.42 Å². The van der Waals surface area contributed by atoms with Crippen LogP contribution in [0.2, 0.25) is 0 Å². The first-order valence-corrected chi connectivity index (χ1v) is 7.55. The average molecular weight is 281 g/mol. The van der Waals surface area contributed by atoms with Crippen molar-refractivity contribution in [2.75, 3.05) is 33.0 Å². The first kappa shape index (κ1) is 16.1. The fraction of sp³-hybridized carbons (Fsp3) is 0.533. The lowest BCUT2D eigenvalue weighted by Gasteiger charge is -2.15. The first-order valence-electron chi connectivity index (χ1n) is 6.56. The second kappa shape index (κ2) is 8.99. The zero-order chi connectivity index (χ0) is 14.1. The van der Waals surface area contributed by atoms with Gasteiger partial charge < -0.3 is 9.64 Å². The van der Waals surface area contributed by atoms with Crippen LogP contribution in [0.4, 0.5) is 0 Å². The van der Waals surface area contributed by atoms with Gasteiger partial charge in [0.1, 0.15) is 0 Å². The molecule has 0 saturated carbocycles. The third kappa shape index (κ3) is 7.23. The maximum atomic E-state index is 11.0. The lowest BCUT2D eigenvalue weighted by atomic mass is 10.2. The Morgan fingerprint density at radius 1 is 1.26 bits per heavy atom. The van der Waals surface area contributed by atoms with Crippen molar-refractivity contribution >= 4 is 17.7 Å². The second-order valence-corrected chi connectivity index (χ2v) is 5.81. The zero-order valence-corrected chi connectivity index (χ0v) is 12.8. The van der Waals surface area contributed by atoms with E-state index in [1.54, 1.807) is 0 Å². The fourth-order valence-corrected chi connectivity index (χ4v) is 2.63. The molecule has 0 radical (unpaired) electrons. The third-order valence-corrected chi connectivity index (χ3v) is 3.90. The number of carbonyl (C=O) groups is 1. The normalized spacial score (nSPS) is 10.7. The van der Waals surface area contributed by atoms with Gasteiger partial charge in [0.2, 0.25) is 0 Å². The van der Waals surface area contributed by atoms with Crippen molar-refractivity contribution in [1.82, 2.24) is 4.90 Å². The van der Waals surface area contributed by atoms with Crippen LogP contribution in [0.1, 0.15) is 18.4 Å². The number of nitrogens with zero attached hydrogens (tertiary/aromatic N) is 1. The largest absolute Gasteiger partial charge is 0.469 e. The maximum Gasteiger partial charge on any atom is 0.305 e. The van der Waals surface area contributed by atoms with Gasteiger partial charge in [-0.3, -0.25) is 4.79 Å². The molecule has 1 rings (SSSR count). The van der Waals surface area contributed by atoms with Crippen LogP contribution < -0.4 is 0 Å². The van der Waals surface area contributed by atoms with E-state index in [1.807, 2.05) is 11.8 Å². The van der Waals surface area contributed by atoms with E-state index < -0.39 is 0 Å². The fourth-order valence-electron chi connectivity index (χ4n) is 1.66. The highest BCUT2D eigenvalue weighted by Crippen LogP contribution is 2.18. The van der Waals surface area contributed by atoms with Gasteiger partial charge in [-0.05, 0) is 39.1 Å². The summed E-state index contributed by atoms with van der Waals surface area (Å²) in [5.41, 5.74) is 1.30. The lowest BCUT2D eigenvalue weighted by Crippen LogP contribution is -2.23. The Morgan fingerprint density at radius 2 is 1.95 bits per heavy atom. The van der Waals surface area contributed by atoms with E-state index in [0.717, 1.165) is 25.3 Å². The van der Waals surface area contributed by atoms with Gasteiger partial charge >= 0.3 is 5.97 Å². The topological polar surface area (TPSA) is 29.5 Å². The Morgan fingerprint density at radius 3 is 2.58 bits per heavy atom. The van der Waals surface area contributed by atoms with Crippen molar-refractivity contribution in [2.24, 2.45) is 0 Å². The molecule has 1 aromatic carbocycles. The van der Waals surface area contributed by atoms with Gasteiger partial charge in [0.05, 0.1) is 7.11 Å². The minimum Gasteiger partial charge on any atom is -0.469 e. The standard InChI is InChI=1S/C15H23NO2S/c1-13-6-8-14(9-7-13)19-12-11-16(2)10-4-5-15(17)18-3/h6-9H,4-5,10-12H2,1-3H3. The molecule has 0 N–H and O–H groups in total. The molecule has 0 spiro atoms. The Kier molecular flexibility index (Phi) is 7.60. The van der Waals surface area contributed by atoms with Crippen molar-refractivity contribution in [2.45, 2.75) is 24.7 Å². The molecular weight excluding hydrogens is 258 g/mol. The molecule has 0 aromatic heterocycles. The van der Waals surface area contributed by atoms with Crippen molar-refractivity contribution in [3.8, 4) is 0 Å². The number of thioether (sulfide) groups is 1. The molecule has 1 aromatic rings. The van der Waals surface area contributed by atoms with Gasteiger partial charge in [0.25, 0.3) is 0 Å². The smallest absolute Gasteiger partial charge is 0.305 e. The molecule has 3 nitrogen and oxygen atoms in total. The number of aryl methyl sites for hydroxylation is 1. The van der Waals surface area contributed by atoms with Crippen LogP contribution in [0.25, 0.3) is 0 Å². The maximum absolute atomic E-state index is 11.0. The summed E-state index contributed by atoms with van der Waals surface area (Å²) in [6, 6.07) is 8.61. The predicted octanol–water partition coefficient (Wildman–Crippen LogP) is 2.97. The van der Waals surface area contributed by atoms with Crippen molar-refractivity contribution in [3.05, 3.63) is 29.8 Å². The van der Waals surface area contributed by atoms with Crippen LogP contribution in [-0.2, 0) is 9.53 Å². The van der Waals surface area contributed by atoms with Gasteiger partial charge in [-0.25, -0.2) is 0 Å². The van der Waals surface area contributed by atoms with Crippen molar-refractivity contribution in [1.29, 1.82) is 0 Å². The highest BCUT2D eigenvalue weighted by Gasteiger charge is 2.03. The number of hydrogen-bond donors (Lipinski definition) is 0. The third-order valence-electron chi connectivity index (χ3n) is 2.91. The van der Waals surface area contributed by atoms with E-state index in [1.165, 1.54) is 17.6 Å². The van der Waals surface area contributed by atoms with Crippen molar-refractivity contribution in [3.63, 3.8) is 0 Å². The van der Waals surface area contributed by atoms with Crippen LogP contribution in [0.3, 0.4) is 0 Å². The Hall–Kier alpha value is -1.00. The van der Waals surface area contributed by atoms with Gasteiger partial charge in [-0.15, -0.1) is 11.8 Å². The molecule has 0 aliphatic carbocycles. The van der Waals surface area contributed by atoms with Gasteiger partial charge in [0.15, 0.2) is 0 Å². The van der Waals surface area contributed by atoms with Crippen LogP contribution in [0, 0.1) is 6.92 Å². The molecule has 0 saturated heterocycles. The summed E-state index contributed by atoms with van der Waals surface area (Å²) < 4.78 is 4.62. The predicted molar refractivity (Wildman–Crippen MR) is 80.7 cm³/mol. The summed E-state index contributed by atoms with van der Waals surface area (Å²) in [6.45, 7) is 4.06. The second-order valence-electron chi connectivity index (χ2n) is 4.64. The number of hydrogen-bond acceptors (Lipinski definition) is 4. The molecule has 0 aliphatic rings. The highest BCUT2D eigenvalue weighted by molar-refractivity contribution is 7.99. The minimum absolute atomic E-state index is 0.123. The lowest BCUT2D eigenvalue weighted by molar-refractivity contribution is -0.140. The SMILES string of the molecule is COC(=O)CCCN(C)CCSc1ccc(C)cc1. The molecule has 106 valence electrons. The van der Waals surface area contributed by atoms with Crippen LogP contribution in [-0.4, -0.2) is 43.9 Å². The van der Waals surface area contributed by atoms with E-state index >= 15 is 0 Å². The quantitative estimate of drug-likeness (QED) is 0.541. The highest BCUT2D eigenvalue weighted by atomic mass is 32.2. The molecule has 0 bridgehead atoms. The van der Waals surface area contributed by atoms with Gasteiger partial charge in [0, 0.05) is 23.6 Å². The van der Waals surface area contributed by atoms with Gasteiger partial charge in [-0.2, -0.15) is 0 Å². The molecule has 0 amide bonds. The summed E-state index contributed by atoms with van der Waals surface area (Å²) in [5.74, 6) is 0.944. The van der Waals surface area contributed by atoms with E-state index in [9.17, 15) is 4.79 Å². The van der Waals surface area contributed by atoms with Crippen LogP contribution in [0.15, 0.2) is 29.2 Å². The zero-order valence-electron chi connectivity index (χ0n) is 12.0. The summed E-state index contributed by atoms with van der Waals surface area (Å²) in [6.07, 6.45) is 1.37. The number of benzene rings is 1. The van der Waals surface area contributed by atoms with E-state index in [-0.39, 0.29) is 5.97 Å². The molecule has 0 unspecified atom stereocenters. The molecule has 0 heterocycles. The Balaban J connectivity index is 2.11. The summed E-state index contributed by atoms with van der Waals surface area (Å²) >= 11 is 1.87. The minimum atomic E-state index is -0.123. The Bertz CT molecular complexity index is 378. The summed E-state index contributed by atoms with van der Waals surface area (Å²) in [7, 11) is 3.53. The molecule has 0 fully saturated rings. The van der Waals surface area contributed by atoms with Crippen LogP contribution in [0.5, 0.6) is 0 Å². The molecule has 0 atom stereocenters. The monoisotopic (exact) mass is 281 g/mol. The summed E-state index contributed by atoms with van der Waals surface area (Å²) in [4.78, 5) is 14.5. The first-order chi connectivity index (χ1) is 9.11. The molecule has 0 aliphatic heterocycles. The van der Waals surface area contributed by atoms with Gasteiger partial charge in [-0.1, -0.05) is 17.7 Å². The molecular formula is C15H23NO2S. The molecule has 19 heavy (non-hydrogen) atoms. The number of esters is 1. The van der Waals surface area contributed by atoms with Crippen LogP contribution >= 0.6 is 11.8 Å². The van der Waals surface area contributed by atoms with E-state index in [2.05, 4.69) is 47.9 Å². The number of ether oxygens (including phenoxy) is 1.